The Hall–Kier alpha value is -3.22. The van der Waals surface area contributed by atoms with Crippen LogP contribution < -0.4 is 5.32 Å². The Balaban J connectivity index is 1.64. The summed E-state index contributed by atoms with van der Waals surface area (Å²) in [6.45, 7) is 2.72. The Morgan fingerprint density at radius 1 is 1.33 bits per heavy atom. The van der Waals surface area contributed by atoms with Gasteiger partial charge in [-0.1, -0.05) is 18.2 Å². The van der Waals surface area contributed by atoms with Crippen LogP contribution in [0.15, 0.2) is 48.8 Å². The highest BCUT2D eigenvalue weighted by Gasteiger charge is 2.34. The predicted molar refractivity (Wildman–Crippen MR) is 97.5 cm³/mol. The number of nitrogens with zero attached hydrogens (tertiary/aromatic N) is 3. The van der Waals surface area contributed by atoms with E-state index in [1.165, 1.54) is 17.0 Å². The largest absolute Gasteiger partial charge is 0.352 e. The van der Waals surface area contributed by atoms with Gasteiger partial charge in [-0.05, 0) is 36.2 Å². The van der Waals surface area contributed by atoms with Crippen LogP contribution in [-0.2, 0) is 16.0 Å². The Labute approximate surface area is 155 Å². The highest BCUT2D eigenvalue weighted by molar-refractivity contribution is 5.90. The van der Waals surface area contributed by atoms with Crippen molar-refractivity contribution < 1.29 is 14.0 Å². The molecule has 2 amide bonds. The molecular weight excluding hydrogens is 347 g/mol. The molecule has 7 heteroatoms. The monoisotopic (exact) mass is 366 g/mol. The van der Waals surface area contributed by atoms with Gasteiger partial charge < -0.3 is 14.6 Å². The fourth-order valence-electron chi connectivity index (χ4n) is 3.53. The molecule has 0 bridgehead atoms. The van der Waals surface area contributed by atoms with Crippen molar-refractivity contribution in [3.63, 3.8) is 0 Å². The van der Waals surface area contributed by atoms with Gasteiger partial charge in [0.1, 0.15) is 17.5 Å². The normalized spacial score (nSPS) is 17.2. The fraction of sp³-hybridized carbons (Fsp3) is 0.250. The number of hydrogen-bond acceptors (Lipinski definition) is 3. The van der Waals surface area contributed by atoms with E-state index < -0.39 is 11.9 Å². The van der Waals surface area contributed by atoms with Crippen molar-refractivity contribution >= 4 is 17.5 Å². The van der Waals surface area contributed by atoms with Crippen LogP contribution in [-0.4, -0.2) is 39.2 Å². The van der Waals surface area contributed by atoms with E-state index in [0.717, 1.165) is 16.9 Å². The Kier molecular flexibility index (Phi) is 4.35. The van der Waals surface area contributed by atoms with E-state index in [1.807, 2.05) is 29.7 Å². The van der Waals surface area contributed by atoms with Gasteiger partial charge in [0, 0.05) is 25.5 Å². The number of carbonyl (C=O) groups is 2. The second-order valence-corrected chi connectivity index (χ2v) is 6.65. The Morgan fingerprint density at radius 3 is 3.00 bits per heavy atom. The number of amides is 2. The van der Waals surface area contributed by atoms with Crippen molar-refractivity contribution in [1.29, 1.82) is 0 Å². The molecular formula is C20H19FN4O2. The van der Waals surface area contributed by atoms with Crippen LogP contribution in [0.4, 0.5) is 4.39 Å². The van der Waals surface area contributed by atoms with E-state index >= 15 is 0 Å². The van der Waals surface area contributed by atoms with Crippen molar-refractivity contribution in [2.24, 2.45) is 0 Å². The van der Waals surface area contributed by atoms with E-state index in [9.17, 15) is 14.0 Å². The summed E-state index contributed by atoms with van der Waals surface area (Å²) < 4.78 is 15.5. The summed E-state index contributed by atoms with van der Waals surface area (Å²) in [7, 11) is 0. The second kappa shape index (κ2) is 6.83. The molecule has 0 spiro atoms. The first-order valence-corrected chi connectivity index (χ1v) is 8.79. The molecule has 0 aliphatic carbocycles. The minimum Gasteiger partial charge on any atom is -0.352 e. The van der Waals surface area contributed by atoms with E-state index in [4.69, 9.17) is 0 Å². The van der Waals surface area contributed by atoms with Crippen LogP contribution in [0.2, 0.25) is 0 Å². The Morgan fingerprint density at radius 2 is 2.19 bits per heavy atom. The molecule has 1 aliphatic heterocycles. The van der Waals surface area contributed by atoms with Crippen LogP contribution in [0.25, 0.3) is 5.65 Å². The van der Waals surface area contributed by atoms with Crippen molar-refractivity contribution in [2.45, 2.75) is 19.4 Å². The molecule has 1 atom stereocenters. The van der Waals surface area contributed by atoms with Crippen LogP contribution in [0, 0.1) is 12.7 Å². The molecule has 1 saturated heterocycles. The molecule has 6 nitrogen and oxygen atoms in total. The molecule has 0 radical (unpaired) electrons. The van der Waals surface area contributed by atoms with Crippen molar-refractivity contribution in [3.05, 3.63) is 71.4 Å². The minimum absolute atomic E-state index is 0.115. The predicted octanol–water partition coefficient (Wildman–Crippen LogP) is 2.02. The summed E-state index contributed by atoms with van der Waals surface area (Å²) in [6, 6.07) is 8.86. The molecule has 4 rings (SSSR count). The van der Waals surface area contributed by atoms with Gasteiger partial charge in [-0.15, -0.1) is 0 Å². The molecule has 1 fully saturated rings. The average molecular weight is 366 g/mol. The number of aryl methyl sites for hydroxylation is 1. The van der Waals surface area contributed by atoms with E-state index in [1.54, 1.807) is 18.3 Å². The average Bonchev–Trinajstić information content (AvgIpc) is 3.06. The third-order valence-electron chi connectivity index (χ3n) is 4.84. The number of pyridine rings is 1. The zero-order valence-electron chi connectivity index (χ0n) is 14.9. The first-order valence-electron chi connectivity index (χ1n) is 8.79. The number of imidazole rings is 1. The number of fused-ring (bicyclic) bond motifs is 1. The van der Waals surface area contributed by atoms with E-state index in [-0.39, 0.29) is 18.2 Å². The second-order valence-electron chi connectivity index (χ2n) is 6.65. The van der Waals surface area contributed by atoms with Gasteiger partial charge in [0.2, 0.25) is 11.8 Å². The summed E-state index contributed by atoms with van der Waals surface area (Å²) in [6.07, 6.45) is 3.66. The molecule has 138 valence electrons. The molecule has 1 N–H and O–H groups in total. The lowest BCUT2D eigenvalue weighted by molar-refractivity contribution is -0.143. The molecule has 3 aromatic rings. The zero-order valence-corrected chi connectivity index (χ0v) is 14.9. The van der Waals surface area contributed by atoms with Crippen LogP contribution in [0.3, 0.4) is 0 Å². The third kappa shape index (κ3) is 3.16. The Bertz CT molecular complexity index is 1030. The molecule has 3 heterocycles. The van der Waals surface area contributed by atoms with Gasteiger partial charge in [0.05, 0.1) is 12.1 Å². The summed E-state index contributed by atoms with van der Waals surface area (Å²) in [5, 5.41) is 2.76. The number of carbonyl (C=O) groups excluding carboxylic acids is 2. The van der Waals surface area contributed by atoms with Crippen LogP contribution >= 0.6 is 0 Å². The number of nitrogens with one attached hydrogen (secondary N) is 1. The first kappa shape index (κ1) is 17.2. The lowest BCUT2D eigenvalue weighted by Crippen LogP contribution is -2.52. The van der Waals surface area contributed by atoms with E-state index in [0.29, 0.717) is 18.7 Å². The SMILES string of the molecule is Cc1cccn2c(CC(=O)N3CCNC(=O)[C@H]3c3cccc(F)c3)cnc12. The maximum absolute atomic E-state index is 13.6. The first-order chi connectivity index (χ1) is 13.0. The lowest BCUT2D eigenvalue weighted by Gasteiger charge is -2.35. The molecule has 1 aliphatic rings. The van der Waals surface area contributed by atoms with Gasteiger partial charge >= 0.3 is 0 Å². The van der Waals surface area contributed by atoms with Gasteiger partial charge in [0.25, 0.3) is 0 Å². The highest BCUT2D eigenvalue weighted by Crippen LogP contribution is 2.25. The number of halogens is 1. The van der Waals surface area contributed by atoms with E-state index in [2.05, 4.69) is 10.3 Å². The maximum Gasteiger partial charge on any atom is 0.247 e. The van der Waals surface area contributed by atoms with Crippen LogP contribution in [0.5, 0.6) is 0 Å². The van der Waals surface area contributed by atoms with Gasteiger partial charge in [-0.25, -0.2) is 9.37 Å². The molecule has 0 unspecified atom stereocenters. The van der Waals surface area contributed by atoms with Gasteiger partial charge in [-0.3, -0.25) is 9.59 Å². The summed E-state index contributed by atoms with van der Waals surface area (Å²) in [5.41, 5.74) is 3.04. The molecule has 27 heavy (non-hydrogen) atoms. The van der Waals surface area contributed by atoms with Crippen LogP contribution in [0.1, 0.15) is 22.9 Å². The third-order valence-corrected chi connectivity index (χ3v) is 4.84. The minimum atomic E-state index is -0.831. The number of aromatic nitrogens is 2. The number of hydrogen-bond donors (Lipinski definition) is 1. The molecule has 0 saturated carbocycles. The molecule has 2 aromatic heterocycles. The number of piperazine rings is 1. The topological polar surface area (TPSA) is 66.7 Å². The summed E-state index contributed by atoms with van der Waals surface area (Å²) in [4.78, 5) is 31.4. The maximum atomic E-state index is 13.6. The lowest BCUT2D eigenvalue weighted by atomic mass is 10.0. The van der Waals surface area contributed by atoms with Gasteiger partial charge in [0.15, 0.2) is 0 Å². The van der Waals surface area contributed by atoms with Crippen molar-refractivity contribution in [3.8, 4) is 0 Å². The number of benzene rings is 1. The number of rotatable bonds is 3. The molecule has 1 aromatic carbocycles. The standard InChI is InChI=1S/C20H19FN4O2/c1-13-4-3-8-24-16(12-23-19(13)24)11-17(26)25-9-7-22-20(27)18(25)14-5-2-6-15(21)10-14/h2-6,8,10,12,18H,7,9,11H2,1H3,(H,22,27)/t18-/m1/s1. The summed E-state index contributed by atoms with van der Waals surface area (Å²) >= 11 is 0. The fourth-order valence-corrected chi connectivity index (χ4v) is 3.53. The zero-order chi connectivity index (χ0) is 19.0. The smallest absolute Gasteiger partial charge is 0.247 e. The van der Waals surface area contributed by atoms with Crippen molar-refractivity contribution in [2.75, 3.05) is 13.1 Å². The highest BCUT2D eigenvalue weighted by atomic mass is 19.1. The summed E-state index contributed by atoms with van der Waals surface area (Å²) in [5.74, 6) is -0.924. The quantitative estimate of drug-likeness (QED) is 0.771. The van der Waals surface area contributed by atoms with Gasteiger partial charge in [-0.2, -0.15) is 0 Å². The van der Waals surface area contributed by atoms with Crippen molar-refractivity contribution in [1.82, 2.24) is 19.6 Å².